The summed E-state index contributed by atoms with van der Waals surface area (Å²) in [5.74, 6) is 0.217. The quantitative estimate of drug-likeness (QED) is 0.642. The number of amides is 1. The monoisotopic (exact) mass is 444 g/mol. The SMILES string of the molecule is Cc1cc(C)c(C(C)NC(=O)COc2ccc(S(=O)(=O)NC3CCCC3)cc2)cc1C. The van der Waals surface area contributed by atoms with Gasteiger partial charge in [-0.2, -0.15) is 0 Å². The predicted octanol–water partition coefficient (Wildman–Crippen LogP) is 4.09. The van der Waals surface area contributed by atoms with Gasteiger partial charge in [0.25, 0.3) is 5.91 Å². The van der Waals surface area contributed by atoms with Gasteiger partial charge in [-0.25, -0.2) is 13.1 Å². The number of benzene rings is 2. The number of rotatable bonds is 8. The standard InChI is InChI=1S/C24H32N2O4S/c1-16-13-18(3)23(14-17(16)2)19(4)25-24(27)15-30-21-9-11-22(12-10-21)31(28,29)26-20-7-5-6-8-20/h9-14,19-20,26H,5-8,15H2,1-4H3,(H,25,27). The summed E-state index contributed by atoms with van der Waals surface area (Å²) in [6.07, 6.45) is 3.89. The third-order valence-corrected chi connectivity index (χ3v) is 7.44. The van der Waals surface area contributed by atoms with Crippen molar-refractivity contribution in [2.24, 2.45) is 0 Å². The number of hydrogen-bond acceptors (Lipinski definition) is 4. The van der Waals surface area contributed by atoms with Crippen LogP contribution in [0.15, 0.2) is 41.3 Å². The van der Waals surface area contributed by atoms with Gasteiger partial charge < -0.3 is 10.1 Å². The van der Waals surface area contributed by atoms with Crippen LogP contribution in [-0.2, 0) is 14.8 Å². The number of carbonyl (C=O) groups is 1. The number of hydrogen-bond donors (Lipinski definition) is 2. The molecule has 0 aromatic heterocycles. The van der Waals surface area contributed by atoms with Crippen LogP contribution in [0.4, 0.5) is 0 Å². The molecular formula is C24H32N2O4S. The van der Waals surface area contributed by atoms with Crippen LogP contribution in [0.3, 0.4) is 0 Å². The number of carbonyl (C=O) groups excluding carboxylic acids is 1. The van der Waals surface area contributed by atoms with Gasteiger partial charge in [-0.05, 0) is 87.1 Å². The second-order valence-electron chi connectivity index (χ2n) is 8.45. The van der Waals surface area contributed by atoms with Crippen molar-refractivity contribution in [1.29, 1.82) is 0 Å². The van der Waals surface area contributed by atoms with E-state index in [0.29, 0.717) is 5.75 Å². The van der Waals surface area contributed by atoms with E-state index in [-0.39, 0.29) is 29.5 Å². The molecule has 1 aliphatic rings. The number of sulfonamides is 1. The molecule has 0 spiro atoms. The molecule has 7 heteroatoms. The highest BCUT2D eigenvalue weighted by molar-refractivity contribution is 7.89. The van der Waals surface area contributed by atoms with Crippen molar-refractivity contribution in [2.75, 3.05) is 6.61 Å². The van der Waals surface area contributed by atoms with E-state index in [1.54, 1.807) is 12.1 Å². The van der Waals surface area contributed by atoms with Crippen molar-refractivity contribution in [2.45, 2.75) is 70.4 Å². The lowest BCUT2D eigenvalue weighted by atomic mass is 9.96. The van der Waals surface area contributed by atoms with E-state index in [2.05, 4.69) is 36.0 Å². The Labute approximate surface area is 185 Å². The van der Waals surface area contributed by atoms with Gasteiger partial charge in [0.1, 0.15) is 5.75 Å². The minimum Gasteiger partial charge on any atom is -0.484 e. The van der Waals surface area contributed by atoms with E-state index < -0.39 is 10.0 Å². The molecule has 3 rings (SSSR count). The van der Waals surface area contributed by atoms with E-state index in [0.717, 1.165) is 36.8 Å². The molecule has 168 valence electrons. The predicted molar refractivity (Wildman–Crippen MR) is 122 cm³/mol. The number of ether oxygens (including phenoxy) is 1. The lowest BCUT2D eigenvalue weighted by Gasteiger charge is -2.18. The van der Waals surface area contributed by atoms with Gasteiger partial charge in [-0.3, -0.25) is 4.79 Å². The molecule has 0 bridgehead atoms. The van der Waals surface area contributed by atoms with Gasteiger partial charge >= 0.3 is 0 Å². The van der Waals surface area contributed by atoms with E-state index in [9.17, 15) is 13.2 Å². The van der Waals surface area contributed by atoms with Crippen LogP contribution in [0.25, 0.3) is 0 Å². The van der Waals surface area contributed by atoms with Crippen molar-refractivity contribution < 1.29 is 17.9 Å². The molecule has 6 nitrogen and oxygen atoms in total. The highest BCUT2D eigenvalue weighted by atomic mass is 32.2. The molecule has 0 heterocycles. The molecule has 0 radical (unpaired) electrons. The molecule has 1 saturated carbocycles. The summed E-state index contributed by atoms with van der Waals surface area (Å²) >= 11 is 0. The summed E-state index contributed by atoms with van der Waals surface area (Å²) in [7, 11) is -3.53. The summed E-state index contributed by atoms with van der Waals surface area (Å²) in [6.45, 7) is 7.98. The summed E-state index contributed by atoms with van der Waals surface area (Å²) in [4.78, 5) is 12.5. The molecule has 0 saturated heterocycles. The highest BCUT2D eigenvalue weighted by Gasteiger charge is 2.23. The van der Waals surface area contributed by atoms with Crippen LogP contribution in [0.5, 0.6) is 5.75 Å². The topological polar surface area (TPSA) is 84.5 Å². The Balaban J connectivity index is 1.54. The fourth-order valence-electron chi connectivity index (χ4n) is 4.01. The Morgan fingerprint density at radius 1 is 1.03 bits per heavy atom. The van der Waals surface area contributed by atoms with Crippen molar-refractivity contribution in [1.82, 2.24) is 10.0 Å². The van der Waals surface area contributed by atoms with Crippen molar-refractivity contribution >= 4 is 15.9 Å². The lowest BCUT2D eigenvalue weighted by molar-refractivity contribution is -0.123. The zero-order chi connectivity index (χ0) is 22.6. The first-order valence-electron chi connectivity index (χ1n) is 10.8. The maximum atomic E-state index is 12.5. The van der Waals surface area contributed by atoms with Crippen LogP contribution in [0.1, 0.15) is 60.9 Å². The van der Waals surface area contributed by atoms with Gasteiger partial charge in [-0.15, -0.1) is 0 Å². The Morgan fingerprint density at radius 3 is 2.29 bits per heavy atom. The summed E-state index contributed by atoms with van der Waals surface area (Å²) in [5, 5.41) is 2.96. The van der Waals surface area contributed by atoms with Crippen LogP contribution in [-0.4, -0.2) is 27.0 Å². The largest absolute Gasteiger partial charge is 0.484 e. The molecule has 1 aliphatic carbocycles. The minimum absolute atomic E-state index is 0.0209. The van der Waals surface area contributed by atoms with E-state index in [4.69, 9.17) is 4.74 Å². The van der Waals surface area contributed by atoms with Gasteiger partial charge in [0, 0.05) is 6.04 Å². The number of nitrogens with one attached hydrogen (secondary N) is 2. The van der Waals surface area contributed by atoms with Crippen LogP contribution in [0, 0.1) is 20.8 Å². The Hall–Kier alpha value is -2.38. The zero-order valence-electron chi connectivity index (χ0n) is 18.7. The van der Waals surface area contributed by atoms with Gasteiger partial charge in [-0.1, -0.05) is 25.0 Å². The second-order valence-corrected chi connectivity index (χ2v) is 10.2. The highest BCUT2D eigenvalue weighted by Crippen LogP contribution is 2.23. The first-order chi connectivity index (χ1) is 14.7. The zero-order valence-corrected chi connectivity index (χ0v) is 19.5. The van der Waals surface area contributed by atoms with E-state index in [1.165, 1.54) is 23.3 Å². The summed E-state index contributed by atoms with van der Waals surface area (Å²) < 4.78 is 33.3. The van der Waals surface area contributed by atoms with Crippen LogP contribution in [0.2, 0.25) is 0 Å². The van der Waals surface area contributed by atoms with Crippen molar-refractivity contribution in [3.8, 4) is 5.75 Å². The Bertz CT molecular complexity index is 1030. The molecular weight excluding hydrogens is 412 g/mol. The third kappa shape index (κ3) is 6.08. The molecule has 2 N–H and O–H groups in total. The van der Waals surface area contributed by atoms with Gasteiger partial charge in [0.05, 0.1) is 10.9 Å². The number of aryl methyl sites for hydroxylation is 3. The molecule has 2 aromatic rings. The Kier molecular flexibility index (Phi) is 7.38. The average Bonchev–Trinajstić information content (AvgIpc) is 3.21. The third-order valence-electron chi connectivity index (χ3n) is 5.91. The lowest BCUT2D eigenvalue weighted by Crippen LogP contribution is -2.32. The molecule has 1 amide bonds. The van der Waals surface area contributed by atoms with Crippen LogP contribution < -0.4 is 14.8 Å². The van der Waals surface area contributed by atoms with Gasteiger partial charge in [0.2, 0.25) is 10.0 Å². The first-order valence-corrected chi connectivity index (χ1v) is 12.3. The summed E-state index contributed by atoms with van der Waals surface area (Å²) in [6, 6.07) is 10.3. The molecule has 1 unspecified atom stereocenters. The first kappa shape index (κ1) is 23.3. The molecule has 31 heavy (non-hydrogen) atoms. The Morgan fingerprint density at radius 2 is 1.65 bits per heavy atom. The second kappa shape index (κ2) is 9.83. The van der Waals surface area contributed by atoms with E-state index >= 15 is 0 Å². The summed E-state index contributed by atoms with van der Waals surface area (Å²) in [5.41, 5.74) is 4.64. The smallest absolute Gasteiger partial charge is 0.258 e. The average molecular weight is 445 g/mol. The van der Waals surface area contributed by atoms with E-state index in [1.807, 2.05) is 13.8 Å². The molecule has 2 aromatic carbocycles. The molecule has 0 aliphatic heterocycles. The fraction of sp³-hybridized carbons (Fsp3) is 0.458. The maximum absolute atomic E-state index is 12.5. The molecule has 1 fully saturated rings. The molecule has 1 atom stereocenters. The van der Waals surface area contributed by atoms with Gasteiger partial charge in [0.15, 0.2) is 6.61 Å². The van der Waals surface area contributed by atoms with Crippen molar-refractivity contribution in [3.05, 3.63) is 58.7 Å². The van der Waals surface area contributed by atoms with Crippen LogP contribution >= 0.6 is 0 Å². The fourth-order valence-corrected chi connectivity index (χ4v) is 5.31. The van der Waals surface area contributed by atoms with Crippen molar-refractivity contribution in [3.63, 3.8) is 0 Å². The normalized spacial score (nSPS) is 15.6. The minimum atomic E-state index is -3.53. The maximum Gasteiger partial charge on any atom is 0.258 e.